The summed E-state index contributed by atoms with van der Waals surface area (Å²) in [6.07, 6.45) is 0. The monoisotopic (exact) mass is 282 g/mol. The number of imidazole rings is 1. The molecule has 0 saturated heterocycles. The molecule has 4 rings (SSSR count). The Labute approximate surface area is 121 Å². The highest BCUT2D eigenvalue weighted by molar-refractivity contribution is 7.71. The Morgan fingerprint density at radius 1 is 1.25 bits per heavy atom. The number of aromatic amines is 1. The van der Waals surface area contributed by atoms with E-state index in [-0.39, 0.29) is 6.04 Å². The van der Waals surface area contributed by atoms with Crippen molar-refractivity contribution in [3.05, 3.63) is 58.4 Å². The van der Waals surface area contributed by atoms with E-state index in [2.05, 4.69) is 40.7 Å². The molecule has 0 saturated carbocycles. The van der Waals surface area contributed by atoms with Crippen LogP contribution in [-0.2, 0) is 0 Å². The van der Waals surface area contributed by atoms with Crippen LogP contribution in [0.15, 0.2) is 42.5 Å². The van der Waals surface area contributed by atoms with Gasteiger partial charge in [0.15, 0.2) is 4.77 Å². The van der Waals surface area contributed by atoms with Gasteiger partial charge in [-0.15, -0.1) is 0 Å². The minimum absolute atomic E-state index is 0.148. The van der Waals surface area contributed by atoms with E-state index in [1.165, 1.54) is 11.1 Å². The molecule has 0 spiro atoms. The average molecular weight is 282 g/mol. The number of nitrogens with zero attached hydrogens (tertiary/aromatic N) is 1. The molecule has 100 valence electrons. The summed E-state index contributed by atoms with van der Waals surface area (Å²) in [5.41, 5.74) is 4.64. The van der Waals surface area contributed by atoms with Gasteiger partial charge in [-0.05, 0) is 42.9 Å². The van der Waals surface area contributed by atoms with E-state index in [0.717, 1.165) is 21.6 Å². The predicted octanol–water partition coefficient (Wildman–Crippen LogP) is 3.99. The maximum atomic E-state index is 5.78. The van der Waals surface area contributed by atoms with Gasteiger partial charge in [0.1, 0.15) is 12.4 Å². The van der Waals surface area contributed by atoms with Crippen molar-refractivity contribution in [2.75, 3.05) is 6.61 Å². The Morgan fingerprint density at radius 2 is 2.10 bits per heavy atom. The molecule has 4 heteroatoms. The van der Waals surface area contributed by atoms with E-state index >= 15 is 0 Å². The molecule has 1 unspecified atom stereocenters. The van der Waals surface area contributed by atoms with Crippen LogP contribution in [0.2, 0.25) is 0 Å². The van der Waals surface area contributed by atoms with Crippen molar-refractivity contribution in [1.29, 1.82) is 0 Å². The van der Waals surface area contributed by atoms with Gasteiger partial charge in [-0.25, -0.2) is 0 Å². The lowest BCUT2D eigenvalue weighted by atomic mass is 10.1. The molecule has 0 radical (unpaired) electrons. The van der Waals surface area contributed by atoms with Crippen LogP contribution < -0.4 is 4.74 Å². The zero-order valence-electron chi connectivity index (χ0n) is 11.1. The minimum Gasteiger partial charge on any atom is -0.491 e. The van der Waals surface area contributed by atoms with E-state index in [4.69, 9.17) is 17.0 Å². The molecular weight excluding hydrogens is 268 g/mol. The van der Waals surface area contributed by atoms with Gasteiger partial charge in [0.05, 0.1) is 17.1 Å². The van der Waals surface area contributed by atoms with Crippen LogP contribution >= 0.6 is 12.2 Å². The summed E-state index contributed by atoms with van der Waals surface area (Å²) in [5, 5.41) is 0. The van der Waals surface area contributed by atoms with Crippen LogP contribution in [0.4, 0.5) is 0 Å². The highest BCUT2D eigenvalue weighted by atomic mass is 32.1. The number of aryl methyl sites for hydroxylation is 1. The first kappa shape index (κ1) is 11.7. The van der Waals surface area contributed by atoms with Crippen molar-refractivity contribution in [2.45, 2.75) is 13.0 Å². The highest BCUT2D eigenvalue weighted by Crippen LogP contribution is 2.36. The van der Waals surface area contributed by atoms with Gasteiger partial charge in [0, 0.05) is 5.56 Å². The number of hydrogen-bond acceptors (Lipinski definition) is 2. The Balaban J connectivity index is 1.96. The Hall–Kier alpha value is -2.07. The number of rotatable bonds is 1. The lowest BCUT2D eigenvalue weighted by molar-refractivity contribution is 0.318. The number of benzene rings is 2. The third-order valence-corrected chi connectivity index (χ3v) is 4.16. The third-order valence-electron chi connectivity index (χ3n) is 3.86. The summed E-state index contributed by atoms with van der Waals surface area (Å²) in [4.78, 5) is 3.30. The van der Waals surface area contributed by atoms with Crippen molar-refractivity contribution in [3.8, 4) is 5.75 Å². The molecule has 3 aromatic rings. The van der Waals surface area contributed by atoms with Gasteiger partial charge in [0.2, 0.25) is 0 Å². The number of H-pyrrole nitrogens is 1. The lowest BCUT2D eigenvalue weighted by Gasteiger charge is -2.12. The number of ether oxygens (including phenoxy) is 1. The average Bonchev–Trinajstić information content (AvgIpc) is 2.98. The normalized spacial score (nSPS) is 17.1. The summed E-state index contributed by atoms with van der Waals surface area (Å²) >= 11 is 5.51. The maximum absolute atomic E-state index is 5.78. The fraction of sp³-hybridized carbons (Fsp3) is 0.188. The molecule has 0 amide bonds. The third kappa shape index (κ3) is 1.61. The molecule has 1 N–H and O–H groups in total. The number of para-hydroxylation sites is 1. The summed E-state index contributed by atoms with van der Waals surface area (Å²) in [5.74, 6) is 0.959. The molecule has 2 aromatic carbocycles. The molecule has 1 aromatic heterocycles. The van der Waals surface area contributed by atoms with Gasteiger partial charge >= 0.3 is 0 Å². The summed E-state index contributed by atoms with van der Waals surface area (Å²) in [7, 11) is 0. The molecule has 2 heterocycles. The van der Waals surface area contributed by atoms with Gasteiger partial charge in [-0.3, -0.25) is 0 Å². The molecule has 0 bridgehead atoms. The summed E-state index contributed by atoms with van der Waals surface area (Å²) < 4.78 is 8.69. The highest BCUT2D eigenvalue weighted by Gasteiger charge is 2.27. The van der Waals surface area contributed by atoms with E-state index in [1.54, 1.807) is 0 Å². The van der Waals surface area contributed by atoms with E-state index < -0.39 is 0 Å². The van der Waals surface area contributed by atoms with E-state index in [9.17, 15) is 0 Å². The summed E-state index contributed by atoms with van der Waals surface area (Å²) in [6.45, 7) is 2.72. The zero-order chi connectivity index (χ0) is 13.7. The van der Waals surface area contributed by atoms with Gasteiger partial charge in [-0.1, -0.05) is 24.3 Å². The van der Waals surface area contributed by atoms with Crippen molar-refractivity contribution in [3.63, 3.8) is 0 Å². The van der Waals surface area contributed by atoms with Gasteiger partial charge in [0.25, 0.3) is 0 Å². The van der Waals surface area contributed by atoms with E-state index in [0.29, 0.717) is 6.61 Å². The Morgan fingerprint density at radius 3 is 3.00 bits per heavy atom. The summed E-state index contributed by atoms with van der Waals surface area (Å²) in [6, 6.07) is 14.7. The largest absolute Gasteiger partial charge is 0.491 e. The first-order valence-corrected chi connectivity index (χ1v) is 7.07. The second-order valence-corrected chi connectivity index (χ2v) is 5.57. The second-order valence-electron chi connectivity index (χ2n) is 5.19. The SMILES string of the molecule is Cc1ccc2c(c1)[nH]c(=S)n2C1COc2ccccc21. The van der Waals surface area contributed by atoms with Crippen LogP contribution in [0.1, 0.15) is 17.2 Å². The topological polar surface area (TPSA) is 29.9 Å². The molecule has 0 aliphatic carbocycles. The van der Waals surface area contributed by atoms with Crippen LogP contribution in [0.3, 0.4) is 0 Å². The molecule has 1 aliphatic rings. The maximum Gasteiger partial charge on any atom is 0.178 e. The molecule has 0 fully saturated rings. The zero-order valence-corrected chi connectivity index (χ0v) is 11.9. The van der Waals surface area contributed by atoms with Crippen molar-refractivity contribution >= 4 is 23.3 Å². The molecule has 20 heavy (non-hydrogen) atoms. The van der Waals surface area contributed by atoms with Crippen LogP contribution in [0.5, 0.6) is 5.75 Å². The number of aromatic nitrogens is 2. The quantitative estimate of drug-likeness (QED) is 0.684. The smallest absolute Gasteiger partial charge is 0.178 e. The molecule has 1 atom stereocenters. The molecule has 3 nitrogen and oxygen atoms in total. The van der Waals surface area contributed by atoms with Gasteiger partial charge in [-0.2, -0.15) is 0 Å². The van der Waals surface area contributed by atoms with E-state index in [1.807, 2.05) is 18.2 Å². The van der Waals surface area contributed by atoms with Crippen LogP contribution in [0.25, 0.3) is 11.0 Å². The Bertz CT molecular complexity index is 862. The first-order chi connectivity index (χ1) is 9.74. The second kappa shape index (κ2) is 4.21. The standard InChI is InChI=1S/C16H14N2OS/c1-10-6-7-13-12(8-10)17-16(20)18(13)14-9-19-15-5-3-2-4-11(14)15/h2-8,14H,9H2,1H3,(H,17,20). The fourth-order valence-corrected chi connectivity index (χ4v) is 3.25. The number of fused-ring (bicyclic) bond motifs is 2. The fourth-order valence-electron chi connectivity index (χ4n) is 2.91. The first-order valence-electron chi connectivity index (χ1n) is 6.66. The lowest BCUT2D eigenvalue weighted by Crippen LogP contribution is -2.12. The Kier molecular flexibility index (Phi) is 2.47. The van der Waals surface area contributed by atoms with Crippen molar-refractivity contribution in [2.24, 2.45) is 0 Å². The van der Waals surface area contributed by atoms with Crippen LogP contribution in [-0.4, -0.2) is 16.2 Å². The number of hydrogen-bond donors (Lipinski definition) is 1. The van der Waals surface area contributed by atoms with Gasteiger partial charge < -0.3 is 14.3 Å². The molecular formula is C16H14N2OS. The van der Waals surface area contributed by atoms with Crippen LogP contribution in [0, 0.1) is 11.7 Å². The number of nitrogens with one attached hydrogen (secondary N) is 1. The predicted molar refractivity (Wildman–Crippen MR) is 81.9 cm³/mol. The molecule has 1 aliphatic heterocycles. The van der Waals surface area contributed by atoms with Crippen molar-refractivity contribution in [1.82, 2.24) is 9.55 Å². The minimum atomic E-state index is 0.148. The van der Waals surface area contributed by atoms with Crippen molar-refractivity contribution < 1.29 is 4.74 Å².